The molecular formula is C52H87NO8P+. The first-order chi connectivity index (χ1) is 30.0. The van der Waals surface area contributed by atoms with Crippen molar-refractivity contribution < 1.29 is 42.1 Å². The molecule has 0 aliphatic heterocycles. The fourth-order valence-electron chi connectivity index (χ4n) is 5.63. The lowest BCUT2D eigenvalue weighted by Crippen LogP contribution is -2.37. The van der Waals surface area contributed by atoms with Crippen LogP contribution in [-0.4, -0.2) is 74.9 Å². The van der Waals surface area contributed by atoms with Crippen LogP contribution >= 0.6 is 7.82 Å². The van der Waals surface area contributed by atoms with Crippen LogP contribution in [0.2, 0.25) is 0 Å². The smallest absolute Gasteiger partial charge is 0.462 e. The van der Waals surface area contributed by atoms with E-state index >= 15 is 0 Å². The van der Waals surface area contributed by atoms with Gasteiger partial charge in [0, 0.05) is 12.8 Å². The Bertz CT molecular complexity index is 1420. The van der Waals surface area contributed by atoms with Crippen molar-refractivity contribution in [2.24, 2.45) is 0 Å². The molecule has 0 aromatic rings. The highest BCUT2D eigenvalue weighted by Gasteiger charge is 2.27. The third-order valence-corrected chi connectivity index (χ3v) is 10.3. The lowest BCUT2D eigenvalue weighted by atomic mass is 10.1. The second-order valence-corrected chi connectivity index (χ2v) is 17.9. The molecule has 0 fully saturated rings. The summed E-state index contributed by atoms with van der Waals surface area (Å²) in [6.07, 6.45) is 58.8. The van der Waals surface area contributed by atoms with Gasteiger partial charge in [0.15, 0.2) is 6.10 Å². The lowest BCUT2D eigenvalue weighted by Gasteiger charge is -2.24. The van der Waals surface area contributed by atoms with Gasteiger partial charge in [-0.1, -0.05) is 162 Å². The number of allylic oxidation sites excluding steroid dienone is 18. The quantitative estimate of drug-likeness (QED) is 0.0213. The van der Waals surface area contributed by atoms with Gasteiger partial charge in [0.1, 0.15) is 19.8 Å². The highest BCUT2D eigenvalue weighted by Crippen LogP contribution is 2.43. The number of hydrogen-bond acceptors (Lipinski definition) is 7. The molecule has 1 unspecified atom stereocenters. The molecule has 0 saturated heterocycles. The standard InChI is InChI=1S/C52H86NO8P/c1-6-8-10-12-14-16-18-20-22-24-25-26-27-29-30-32-34-36-38-40-42-44-51(54)58-48-50(49-60-62(56,57)59-47-46-53(3,4)5)61-52(55)45-43-41-39-37-35-33-31-28-23-21-19-17-15-13-11-9-7-2/h9,11,15,17,21-24,26-27,30-33,36-39,50H,6-8,10,12-14,16,18-20,25,28-29,34-35,40-49H2,1-5H3/p+1/b11-9+,17-15+,23-21+,24-22+,27-26+,32-30+,33-31+,38-36+,39-37+/t50-/m1/s1. The SMILES string of the molecule is CC/C=C/C/C=C/C/C=C/C/C=C/C/C=C/CCCC(=O)O[C@H](COC(=O)CCC/C=C/C/C=C/C/C=C/C/C=C/CCCCCCCCC)COP(=O)(O)OCC[N+](C)(C)C. The molecule has 1 N–H and O–H groups in total. The van der Waals surface area contributed by atoms with Gasteiger partial charge in [0.25, 0.3) is 0 Å². The minimum Gasteiger partial charge on any atom is -0.462 e. The van der Waals surface area contributed by atoms with E-state index in [-0.39, 0.29) is 26.1 Å². The van der Waals surface area contributed by atoms with Crippen molar-refractivity contribution >= 4 is 19.8 Å². The Hall–Kier alpha value is -3.33. The highest BCUT2D eigenvalue weighted by molar-refractivity contribution is 7.47. The van der Waals surface area contributed by atoms with Crippen LogP contribution in [0.25, 0.3) is 0 Å². The molecule has 0 radical (unpaired) electrons. The maximum absolute atomic E-state index is 12.7. The van der Waals surface area contributed by atoms with E-state index in [2.05, 4.69) is 117 Å². The number of likely N-dealkylation sites (N-methyl/N-ethyl adjacent to an activating group) is 1. The summed E-state index contributed by atoms with van der Waals surface area (Å²) in [5.41, 5.74) is 0. The number of unbranched alkanes of at least 4 members (excludes halogenated alkanes) is 9. The monoisotopic (exact) mass is 885 g/mol. The highest BCUT2D eigenvalue weighted by atomic mass is 31.2. The molecule has 352 valence electrons. The third kappa shape index (κ3) is 46.2. The molecule has 0 aliphatic rings. The van der Waals surface area contributed by atoms with Gasteiger partial charge in [-0.3, -0.25) is 18.6 Å². The van der Waals surface area contributed by atoms with Gasteiger partial charge in [-0.05, 0) is 89.9 Å². The fraction of sp³-hybridized carbons (Fsp3) is 0.615. The number of nitrogens with zero attached hydrogens (tertiary/aromatic N) is 1. The van der Waals surface area contributed by atoms with Crippen LogP contribution < -0.4 is 0 Å². The summed E-state index contributed by atoms with van der Waals surface area (Å²) in [4.78, 5) is 35.4. The second kappa shape index (κ2) is 42.9. The summed E-state index contributed by atoms with van der Waals surface area (Å²) in [5, 5.41) is 0. The molecule has 0 aliphatic carbocycles. The van der Waals surface area contributed by atoms with Crippen molar-refractivity contribution in [2.75, 3.05) is 47.5 Å². The normalized spacial score (nSPS) is 14.5. The molecular weight excluding hydrogens is 798 g/mol. The largest absolute Gasteiger partial charge is 0.472 e. The number of ether oxygens (including phenoxy) is 2. The van der Waals surface area contributed by atoms with Crippen LogP contribution in [0, 0.1) is 0 Å². The Morgan fingerprint density at radius 2 is 0.919 bits per heavy atom. The maximum atomic E-state index is 12.7. The molecule has 0 bridgehead atoms. The van der Waals surface area contributed by atoms with Crippen molar-refractivity contribution in [1.82, 2.24) is 0 Å². The zero-order chi connectivity index (χ0) is 45.7. The first-order valence-corrected chi connectivity index (χ1v) is 25.1. The van der Waals surface area contributed by atoms with Crippen LogP contribution in [0.1, 0.15) is 155 Å². The zero-order valence-electron chi connectivity index (χ0n) is 39.6. The van der Waals surface area contributed by atoms with Crippen LogP contribution in [0.3, 0.4) is 0 Å². The molecule has 0 saturated carbocycles. The van der Waals surface area contributed by atoms with Crippen molar-refractivity contribution in [3.8, 4) is 0 Å². The molecule has 62 heavy (non-hydrogen) atoms. The zero-order valence-corrected chi connectivity index (χ0v) is 40.4. The van der Waals surface area contributed by atoms with E-state index in [1.54, 1.807) is 0 Å². The molecule has 0 heterocycles. The molecule has 2 atom stereocenters. The first-order valence-electron chi connectivity index (χ1n) is 23.6. The van der Waals surface area contributed by atoms with Crippen molar-refractivity contribution in [3.05, 3.63) is 109 Å². The number of phosphoric acid groups is 1. The maximum Gasteiger partial charge on any atom is 0.472 e. The van der Waals surface area contributed by atoms with Crippen LogP contribution in [-0.2, 0) is 32.7 Å². The Labute approximate surface area is 378 Å². The molecule has 0 amide bonds. The third-order valence-electron chi connectivity index (χ3n) is 9.29. The van der Waals surface area contributed by atoms with Crippen molar-refractivity contribution in [2.45, 2.75) is 161 Å². The predicted octanol–water partition coefficient (Wildman–Crippen LogP) is 13.9. The number of hydrogen-bond donors (Lipinski definition) is 1. The van der Waals surface area contributed by atoms with Gasteiger partial charge in [0.05, 0.1) is 27.7 Å². The summed E-state index contributed by atoms with van der Waals surface area (Å²) in [7, 11) is 1.39. The Balaban J connectivity index is 4.52. The fourth-order valence-corrected chi connectivity index (χ4v) is 6.37. The van der Waals surface area contributed by atoms with Crippen molar-refractivity contribution in [1.29, 1.82) is 0 Å². The molecule has 10 heteroatoms. The Kier molecular flexibility index (Phi) is 40.6. The molecule has 0 rings (SSSR count). The van der Waals surface area contributed by atoms with Gasteiger partial charge in [-0.2, -0.15) is 0 Å². The summed E-state index contributed by atoms with van der Waals surface area (Å²) in [5.74, 6) is -0.944. The Morgan fingerprint density at radius 1 is 0.516 bits per heavy atom. The van der Waals surface area contributed by atoms with Crippen LogP contribution in [0.15, 0.2) is 109 Å². The first kappa shape index (κ1) is 58.7. The number of carbonyl (C=O) groups is 2. The number of esters is 2. The average Bonchev–Trinajstić information content (AvgIpc) is 3.23. The minimum absolute atomic E-state index is 0.00606. The van der Waals surface area contributed by atoms with Gasteiger partial charge in [-0.15, -0.1) is 0 Å². The van der Waals surface area contributed by atoms with E-state index in [0.29, 0.717) is 30.3 Å². The summed E-state index contributed by atoms with van der Waals surface area (Å²) in [6.45, 7) is 4.15. The van der Waals surface area contributed by atoms with Crippen molar-refractivity contribution in [3.63, 3.8) is 0 Å². The van der Waals surface area contributed by atoms with Gasteiger partial charge in [-0.25, -0.2) is 4.57 Å². The molecule has 9 nitrogen and oxygen atoms in total. The topological polar surface area (TPSA) is 108 Å². The van der Waals surface area contributed by atoms with E-state index in [1.165, 1.54) is 51.4 Å². The van der Waals surface area contributed by atoms with Gasteiger partial charge < -0.3 is 18.9 Å². The second-order valence-electron chi connectivity index (χ2n) is 16.4. The van der Waals surface area contributed by atoms with Crippen LogP contribution in [0.4, 0.5) is 0 Å². The Morgan fingerprint density at radius 3 is 1.37 bits per heavy atom. The number of rotatable bonds is 41. The number of carbonyl (C=O) groups excluding carboxylic acids is 2. The summed E-state index contributed by atoms with van der Waals surface area (Å²) < 4.78 is 34.2. The molecule has 0 aromatic heterocycles. The number of quaternary nitrogens is 1. The summed E-state index contributed by atoms with van der Waals surface area (Å²) in [6, 6.07) is 0. The van der Waals surface area contributed by atoms with Crippen LogP contribution in [0.5, 0.6) is 0 Å². The molecule has 0 aromatic carbocycles. The molecule has 0 spiro atoms. The lowest BCUT2D eigenvalue weighted by molar-refractivity contribution is -0.870. The van der Waals surface area contributed by atoms with E-state index in [9.17, 15) is 19.0 Å². The summed E-state index contributed by atoms with van der Waals surface area (Å²) >= 11 is 0. The van der Waals surface area contributed by atoms with E-state index in [4.69, 9.17) is 18.5 Å². The number of phosphoric ester groups is 1. The van der Waals surface area contributed by atoms with E-state index in [1.807, 2.05) is 27.2 Å². The average molecular weight is 885 g/mol. The van der Waals surface area contributed by atoms with Gasteiger partial charge in [0.2, 0.25) is 0 Å². The van der Waals surface area contributed by atoms with E-state index in [0.717, 1.165) is 57.8 Å². The van der Waals surface area contributed by atoms with Gasteiger partial charge >= 0.3 is 19.8 Å². The predicted molar refractivity (Wildman–Crippen MR) is 261 cm³/mol. The van der Waals surface area contributed by atoms with E-state index < -0.39 is 32.5 Å². The minimum atomic E-state index is -4.41.